The molecule has 1 aliphatic rings. The molecule has 3 N–H and O–H groups in total. The highest BCUT2D eigenvalue weighted by molar-refractivity contribution is 4.66. The highest BCUT2D eigenvalue weighted by Gasteiger charge is 2.06. The zero-order chi connectivity index (χ0) is 9.94. The van der Waals surface area contributed by atoms with Crippen molar-refractivity contribution in [2.45, 2.75) is 64.3 Å². The van der Waals surface area contributed by atoms with Crippen LogP contribution in [-0.4, -0.2) is 17.8 Å². The summed E-state index contributed by atoms with van der Waals surface area (Å²) in [5.74, 6) is 0. The summed E-state index contributed by atoms with van der Waals surface area (Å²) >= 11 is 0. The number of hydrogen-bond acceptors (Lipinski definition) is 2. The van der Waals surface area contributed by atoms with Crippen LogP contribution in [0.15, 0.2) is 0 Å². The summed E-state index contributed by atoms with van der Waals surface area (Å²) in [6, 6.07) is 0.536. The molecule has 80 valence electrons. The Hall–Kier alpha value is -0.0800. The van der Waals surface area contributed by atoms with Crippen molar-refractivity contribution in [3.63, 3.8) is 0 Å². The van der Waals surface area contributed by atoms with Gasteiger partial charge >= 0.3 is 0 Å². The van der Waals surface area contributed by atoms with Gasteiger partial charge in [0.2, 0.25) is 0 Å². The van der Waals surface area contributed by atoms with Crippen LogP contribution in [0.2, 0.25) is 0 Å². The lowest BCUT2D eigenvalue weighted by Gasteiger charge is -2.15. The van der Waals surface area contributed by atoms with Crippen molar-refractivity contribution in [3.05, 3.63) is 0 Å². The minimum Gasteiger partial charge on any atom is -0.396 e. The quantitative estimate of drug-likeness (QED) is 0.667. The fourth-order valence-electron chi connectivity index (χ4n) is 1.50. The number of rotatable bonds is 3. The van der Waals surface area contributed by atoms with Gasteiger partial charge in [0.25, 0.3) is 0 Å². The molecule has 2 heteroatoms. The molecule has 1 rings (SSSR count). The Bertz CT molecular complexity index is 86.1. The molecular formula is C11H25NO. The van der Waals surface area contributed by atoms with Crippen LogP contribution in [0.25, 0.3) is 0 Å². The number of nitrogens with two attached hydrogens (primary N) is 1. The lowest BCUT2D eigenvalue weighted by molar-refractivity contribution is 0.284. The monoisotopic (exact) mass is 187 g/mol. The molecule has 0 radical (unpaired) electrons. The smallest absolute Gasteiger partial charge is 0.0431 e. The van der Waals surface area contributed by atoms with Crippen molar-refractivity contribution >= 4 is 0 Å². The molecule has 0 aromatic heterocycles. The standard InChI is InChI=1S/C6H13N.C5H12O/c7-6-4-2-1-3-5-6;1-2-3-4-5-6/h6H,1-5,7H2;6H,2-5H2,1H3. The second-order valence-electron chi connectivity index (χ2n) is 3.83. The van der Waals surface area contributed by atoms with E-state index in [1.54, 1.807) is 0 Å². The van der Waals surface area contributed by atoms with Gasteiger partial charge in [0.15, 0.2) is 0 Å². The van der Waals surface area contributed by atoms with Crippen LogP contribution < -0.4 is 5.73 Å². The first-order valence-corrected chi connectivity index (χ1v) is 5.67. The number of hydrogen-bond donors (Lipinski definition) is 2. The third kappa shape index (κ3) is 9.84. The van der Waals surface area contributed by atoms with Gasteiger partial charge in [-0.1, -0.05) is 39.0 Å². The number of aliphatic hydroxyl groups excluding tert-OH is 1. The largest absolute Gasteiger partial charge is 0.396 e. The maximum Gasteiger partial charge on any atom is 0.0431 e. The SMILES string of the molecule is CCCCCO.NC1CCCCC1. The molecule has 0 atom stereocenters. The molecule has 0 aromatic carbocycles. The van der Waals surface area contributed by atoms with E-state index < -0.39 is 0 Å². The average molecular weight is 187 g/mol. The fourth-order valence-corrected chi connectivity index (χ4v) is 1.50. The highest BCUT2D eigenvalue weighted by atomic mass is 16.2. The summed E-state index contributed by atoms with van der Waals surface area (Å²) in [5.41, 5.74) is 5.63. The van der Waals surface area contributed by atoms with Crippen LogP contribution in [0.1, 0.15) is 58.3 Å². The topological polar surface area (TPSA) is 46.2 Å². The van der Waals surface area contributed by atoms with Crippen molar-refractivity contribution < 1.29 is 5.11 Å². The Morgan fingerprint density at radius 1 is 1.15 bits per heavy atom. The molecule has 0 unspecified atom stereocenters. The maximum atomic E-state index is 8.20. The van der Waals surface area contributed by atoms with Crippen molar-refractivity contribution in [2.24, 2.45) is 5.73 Å². The van der Waals surface area contributed by atoms with E-state index in [-0.39, 0.29) is 0 Å². The van der Waals surface area contributed by atoms with E-state index in [1.807, 2.05) is 0 Å². The predicted molar refractivity (Wildman–Crippen MR) is 57.7 cm³/mol. The molecule has 2 nitrogen and oxygen atoms in total. The minimum atomic E-state index is 0.355. The van der Waals surface area contributed by atoms with Gasteiger partial charge in [-0.3, -0.25) is 0 Å². The summed E-state index contributed by atoms with van der Waals surface area (Å²) in [6.45, 7) is 2.48. The van der Waals surface area contributed by atoms with Crippen LogP contribution >= 0.6 is 0 Å². The van der Waals surface area contributed by atoms with E-state index in [0.29, 0.717) is 12.6 Å². The predicted octanol–water partition coefficient (Wildman–Crippen LogP) is 2.45. The molecule has 13 heavy (non-hydrogen) atoms. The van der Waals surface area contributed by atoms with E-state index >= 15 is 0 Å². The van der Waals surface area contributed by atoms with Crippen molar-refractivity contribution in [3.8, 4) is 0 Å². The summed E-state index contributed by atoms with van der Waals surface area (Å²) in [4.78, 5) is 0. The zero-order valence-electron chi connectivity index (χ0n) is 8.97. The van der Waals surface area contributed by atoms with Crippen LogP contribution in [0.4, 0.5) is 0 Å². The molecule has 0 aliphatic heterocycles. The van der Waals surface area contributed by atoms with E-state index in [4.69, 9.17) is 10.8 Å². The van der Waals surface area contributed by atoms with Gasteiger partial charge in [-0.2, -0.15) is 0 Å². The zero-order valence-corrected chi connectivity index (χ0v) is 8.97. The normalized spacial score (nSPS) is 17.8. The first kappa shape index (κ1) is 12.9. The summed E-state index contributed by atoms with van der Waals surface area (Å²) in [5, 5.41) is 8.20. The third-order valence-electron chi connectivity index (χ3n) is 2.41. The Kier molecular flexibility index (Phi) is 9.94. The van der Waals surface area contributed by atoms with Gasteiger partial charge in [0, 0.05) is 12.6 Å². The van der Waals surface area contributed by atoms with Gasteiger partial charge in [-0.25, -0.2) is 0 Å². The molecule has 1 fully saturated rings. The lowest BCUT2D eigenvalue weighted by atomic mass is 9.97. The summed E-state index contributed by atoms with van der Waals surface area (Å²) in [6.07, 6.45) is 9.99. The van der Waals surface area contributed by atoms with Crippen molar-refractivity contribution in [2.75, 3.05) is 6.61 Å². The third-order valence-corrected chi connectivity index (χ3v) is 2.41. The first-order chi connectivity index (χ1) is 6.31. The molecule has 0 spiro atoms. The summed E-state index contributed by atoms with van der Waals surface area (Å²) in [7, 11) is 0. The minimum absolute atomic E-state index is 0.355. The fraction of sp³-hybridized carbons (Fsp3) is 1.00. The maximum absolute atomic E-state index is 8.20. The average Bonchev–Trinajstić information content (AvgIpc) is 2.17. The van der Waals surface area contributed by atoms with Crippen LogP contribution in [0.5, 0.6) is 0 Å². The summed E-state index contributed by atoms with van der Waals surface area (Å²) < 4.78 is 0. The van der Waals surface area contributed by atoms with E-state index in [0.717, 1.165) is 12.8 Å². The van der Waals surface area contributed by atoms with Gasteiger partial charge in [-0.15, -0.1) is 0 Å². The molecule has 1 aliphatic carbocycles. The first-order valence-electron chi connectivity index (χ1n) is 5.67. The van der Waals surface area contributed by atoms with Crippen LogP contribution in [0, 0.1) is 0 Å². The van der Waals surface area contributed by atoms with Crippen LogP contribution in [-0.2, 0) is 0 Å². The Labute approximate surface area is 82.5 Å². The number of aliphatic hydroxyl groups is 1. The Morgan fingerprint density at radius 2 is 1.77 bits per heavy atom. The Balaban J connectivity index is 0.000000226. The second-order valence-corrected chi connectivity index (χ2v) is 3.83. The van der Waals surface area contributed by atoms with Gasteiger partial charge in [0.05, 0.1) is 0 Å². The van der Waals surface area contributed by atoms with Crippen molar-refractivity contribution in [1.29, 1.82) is 0 Å². The van der Waals surface area contributed by atoms with Gasteiger partial charge in [0.1, 0.15) is 0 Å². The molecule has 0 bridgehead atoms. The van der Waals surface area contributed by atoms with E-state index in [1.165, 1.54) is 38.5 Å². The molecule has 0 heterocycles. The second kappa shape index (κ2) is 10.0. The molecule has 0 amide bonds. The molecule has 1 saturated carbocycles. The highest BCUT2D eigenvalue weighted by Crippen LogP contribution is 2.14. The van der Waals surface area contributed by atoms with Gasteiger partial charge < -0.3 is 10.8 Å². The molecule has 0 aromatic rings. The Morgan fingerprint density at radius 3 is 2.00 bits per heavy atom. The lowest BCUT2D eigenvalue weighted by Crippen LogP contribution is -2.22. The molecular weight excluding hydrogens is 162 g/mol. The molecule has 0 saturated heterocycles. The van der Waals surface area contributed by atoms with Crippen molar-refractivity contribution in [1.82, 2.24) is 0 Å². The number of unbranched alkanes of at least 4 members (excludes halogenated alkanes) is 2. The van der Waals surface area contributed by atoms with E-state index in [2.05, 4.69) is 6.92 Å². The van der Waals surface area contributed by atoms with E-state index in [9.17, 15) is 0 Å². The van der Waals surface area contributed by atoms with Gasteiger partial charge in [-0.05, 0) is 19.3 Å². The van der Waals surface area contributed by atoms with Crippen LogP contribution in [0.3, 0.4) is 0 Å².